The minimum Gasteiger partial charge on any atom is -0.462 e. The zero-order valence-corrected chi connectivity index (χ0v) is 13.4. The van der Waals surface area contributed by atoms with Crippen LogP contribution in [-0.4, -0.2) is 35.7 Å². The fourth-order valence-electron chi connectivity index (χ4n) is 2.32. The molecule has 1 saturated heterocycles. The average molecular weight is 306 g/mol. The molecule has 21 heavy (non-hydrogen) atoms. The summed E-state index contributed by atoms with van der Waals surface area (Å²) in [4.78, 5) is 13.8. The number of carbonyl (C=O) groups is 1. The van der Waals surface area contributed by atoms with Gasteiger partial charge in [0.15, 0.2) is 5.11 Å². The van der Waals surface area contributed by atoms with Crippen LogP contribution in [0.5, 0.6) is 0 Å². The molecule has 0 aromatic heterocycles. The van der Waals surface area contributed by atoms with Crippen molar-refractivity contribution in [2.24, 2.45) is 5.92 Å². The van der Waals surface area contributed by atoms with Gasteiger partial charge in [-0.25, -0.2) is 4.79 Å². The average Bonchev–Trinajstić information content (AvgIpc) is 2.49. The fourth-order valence-corrected chi connectivity index (χ4v) is 2.62. The van der Waals surface area contributed by atoms with Crippen LogP contribution in [0, 0.1) is 5.92 Å². The van der Waals surface area contributed by atoms with Crippen LogP contribution in [-0.2, 0) is 4.74 Å². The summed E-state index contributed by atoms with van der Waals surface area (Å²) < 4.78 is 4.96. The SMILES string of the molecule is CCOC(=O)c1ccc(NC(=S)N2CCC(C)CC2)cc1. The van der Waals surface area contributed by atoms with E-state index in [1.54, 1.807) is 19.1 Å². The first-order valence-corrected chi connectivity index (χ1v) is 7.84. The number of esters is 1. The summed E-state index contributed by atoms with van der Waals surface area (Å²) in [6.45, 7) is 6.48. The molecule has 1 fully saturated rings. The third kappa shape index (κ3) is 4.43. The van der Waals surface area contributed by atoms with Crippen LogP contribution in [0.1, 0.15) is 37.0 Å². The lowest BCUT2D eigenvalue weighted by Crippen LogP contribution is -2.40. The van der Waals surface area contributed by atoms with E-state index in [-0.39, 0.29) is 5.97 Å². The predicted molar refractivity (Wildman–Crippen MR) is 88.6 cm³/mol. The Morgan fingerprint density at radius 1 is 1.33 bits per heavy atom. The van der Waals surface area contributed by atoms with Crippen LogP contribution in [0.25, 0.3) is 0 Å². The molecule has 0 atom stereocenters. The summed E-state index contributed by atoms with van der Waals surface area (Å²) in [5.41, 5.74) is 1.45. The number of carbonyl (C=O) groups excluding carboxylic acids is 1. The number of hydrogen-bond acceptors (Lipinski definition) is 3. The minimum atomic E-state index is -0.295. The van der Waals surface area contributed by atoms with E-state index in [2.05, 4.69) is 17.1 Å². The molecule has 0 radical (unpaired) electrons. The quantitative estimate of drug-likeness (QED) is 0.685. The number of nitrogens with zero attached hydrogens (tertiary/aromatic N) is 1. The highest BCUT2D eigenvalue weighted by molar-refractivity contribution is 7.80. The Labute approximate surface area is 131 Å². The van der Waals surface area contributed by atoms with Crippen LogP contribution in [0.4, 0.5) is 5.69 Å². The van der Waals surface area contributed by atoms with E-state index >= 15 is 0 Å². The van der Waals surface area contributed by atoms with Gasteiger partial charge in [-0.1, -0.05) is 6.92 Å². The van der Waals surface area contributed by atoms with Gasteiger partial charge in [0.25, 0.3) is 0 Å². The molecule has 114 valence electrons. The van der Waals surface area contributed by atoms with Gasteiger partial charge in [-0.3, -0.25) is 0 Å². The Kier molecular flexibility index (Phi) is 5.56. The van der Waals surface area contributed by atoms with Gasteiger partial charge in [-0.15, -0.1) is 0 Å². The molecular weight excluding hydrogens is 284 g/mol. The molecule has 1 aliphatic heterocycles. The Morgan fingerprint density at radius 3 is 2.52 bits per heavy atom. The largest absolute Gasteiger partial charge is 0.462 e. The second-order valence-corrected chi connectivity index (χ2v) is 5.78. The van der Waals surface area contributed by atoms with Crippen molar-refractivity contribution in [2.75, 3.05) is 25.0 Å². The maximum absolute atomic E-state index is 11.6. The van der Waals surface area contributed by atoms with Crippen molar-refractivity contribution in [3.8, 4) is 0 Å². The molecule has 0 spiro atoms. The molecule has 1 aromatic rings. The molecule has 0 aliphatic carbocycles. The number of rotatable bonds is 3. The smallest absolute Gasteiger partial charge is 0.338 e. The monoisotopic (exact) mass is 306 g/mol. The standard InChI is InChI=1S/C16H22N2O2S/c1-3-20-15(19)13-4-6-14(7-5-13)17-16(21)18-10-8-12(2)9-11-18/h4-7,12H,3,8-11H2,1-2H3,(H,17,21). The molecule has 1 heterocycles. The highest BCUT2D eigenvalue weighted by atomic mass is 32.1. The van der Waals surface area contributed by atoms with Crippen molar-refractivity contribution >= 4 is 29.0 Å². The molecule has 2 rings (SSSR count). The molecule has 0 amide bonds. The highest BCUT2D eigenvalue weighted by Gasteiger charge is 2.17. The molecule has 4 nitrogen and oxygen atoms in total. The van der Waals surface area contributed by atoms with Gasteiger partial charge < -0.3 is 15.0 Å². The van der Waals surface area contributed by atoms with Gasteiger partial charge in [-0.05, 0) is 62.2 Å². The maximum atomic E-state index is 11.6. The summed E-state index contributed by atoms with van der Waals surface area (Å²) in [6.07, 6.45) is 2.37. The van der Waals surface area contributed by atoms with Gasteiger partial charge in [0, 0.05) is 18.8 Å². The Hall–Kier alpha value is -1.62. The molecule has 5 heteroatoms. The molecule has 0 saturated carbocycles. The second kappa shape index (κ2) is 7.41. The highest BCUT2D eigenvalue weighted by Crippen LogP contribution is 2.18. The molecule has 0 unspecified atom stereocenters. The van der Waals surface area contributed by atoms with Crippen LogP contribution >= 0.6 is 12.2 Å². The van der Waals surface area contributed by atoms with Crippen molar-refractivity contribution in [1.82, 2.24) is 4.90 Å². The predicted octanol–water partition coefficient (Wildman–Crippen LogP) is 3.29. The fraction of sp³-hybridized carbons (Fsp3) is 0.500. The van der Waals surface area contributed by atoms with Crippen LogP contribution < -0.4 is 5.32 Å². The minimum absolute atomic E-state index is 0.295. The zero-order chi connectivity index (χ0) is 15.2. The summed E-state index contributed by atoms with van der Waals surface area (Å²) >= 11 is 5.44. The van der Waals surface area contributed by atoms with E-state index in [1.165, 1.54) is 12.8 Å². The molecule has 1 aromatic carbocycles. The Balaban J connectivity index is 1.91. The van der Waals surface area contributed by atoms with Crippen molar-refractivity contribution < 1.29 is 9.53 Å². The lowest BCUT2D eigenvalue weighted by Gasteiger charge is -2.32. The van der Waals surface area contributed by atoms with E-state index in [1.807, 2.05) is 12.1 Å². The Bertz CT molecular complexity index is 494. The lowest BCUT2D eigenvalue weighted by atomic mass is 10.00. The third-order valence-corrected chi connectivity index (χ3v) is 4.08. The number of thiocarbonyl (C=S) groups is 1. The van der Waals surface area contributed by atoms with Gasteiger partial charge in [-0.2, -0.15) is 0 Å². The first-order valence-electron chi connectivity index (χ1n) is 7.43. The number of likely N-dealkylation sites (tertiary alicyclic amines) is 1. The van der Waals surface area contributed by atoms with Gasteiger partial charge >= 0.3 is 5.97 Å². The van der Waals surface area contributed by atoms with Crippen molar-refractivity contribution in [1.29, 1.82) is 0 Å². The summed E-state index contributed by atoms with van der Waals surface area (Å²) in [6, 6.07) is 7.21. The molecule has 1 aliphatic rings. The van der Waals surface area contributed by atoms with Crippen LogP contribution in [0.3, 0.4) is 0 Å². The van der Waals surface area contributed by atoms with Crippen LogP contribution in [0.15, 0.2) is 24.3 Å². The summed E-state index contributed by atoms with van der Waals surface area (Å²) in [5.74, 6) is 0.490. The molecule has 0 bridgehead atoms. The van der Waals surface area contributed by atoms with Gasteiger partial charge in [0.2, 0.25) is 0 Å². The number of piperidine rings is 1. The lowest BCUT2D eigenvalue weighted by molar-refractivity contribution is 0.0526. The van der Waals surface area contributed by atoms with E-state index in [0.29, 0.717) is 12.2 Å². The number of nitrogens with one attached hydrogen (secondary N) is 1. The normalized spacial score (nSPS) is 15.6. The van der Waals surface area contributed by atoms with Gasteiger partial charge in [0.1, 0.15) is 0 Å². The van der Waals surface area contributed by atoms with E-state index in [9.17, 15) is 4.79 Å². The molecular formula is C16H22N2O2S. The number of hydrogen-bond donors (Lipinski definition) is 1. The topological polar surface area (TPSA) is 41.6 Å². The van der Waals surface area contributed by atoms with E-state index in [4.69, 9.17) is 17.0 Å². The van der Waals surface area contributed by atoms with Crippen molar-refractivity contribution in [2.45, 2.75) is 26.7 Å². The van der Waals surface area contributed by atoms with Crippen molar-refractivity contribution in [3.05, 3.63) is 29.8 Å². The zero-order valence-electron chi connectivity index (χ0n) is 12.6. The number of ether oxygens (including phenoxy) is 1. The van der Waals surface area contributed by atoms with E-state index < -0.39 is 0 Å². The molecule has 1 N–H and O–H groups in total. The number of anilines is 1. The van der Waals surface area contributed by atoms with E-state index in [0.717, 1.165) is 29.8 Å². The summed E-state index contributed by atoms with van der Waals surface area (Å²) in [5, 5.41) is 3.99. The second-order valence-electron chi connectivity index (χ2n) is 5.40. The maximum Gasteiger partial charge on any atom is 0.338 e. The summed E-state index contributed by atoms with van der Waals surface area (Å²) in [7, 11) is 0. The Morgan fingerprint density at radius 2 is 1.95 bits per heavy atom. The van der Waals surface area contributed by atoms with Crippen LogP contribution in [0.2, 0.25) is 0 Å². The number of benzene rings is 1. The third-order valence-electron chi connectivity index (χ3n) is 3.72. The first-order chi connectivity index (χ1) is 10.1. The van der Waals surface area contributed by atoms with Crippen molar-refractivity contribution in [3.63, 3.8) is 0 Å². The van der Waals surface area contributed by atoms with Gasteiger partial charge in [0.05, 0.1) is 12.2 Å². The first kappa shape index (κ1) is 15.8.